The fourth-order valence-corrected chi connectivity index (χ4v) is 7.48. The maximum Gasteiger partial charge on any atom is 0.241 e. The zero-order valence-electron chi connectivity index (χ0n) is 23.1. The molecule has 1 atom stereocenters. The Morgan fingerprint density at radius 2 is 1.73 bits per heavy atom. The smallest absolute Gasteiger partial charge is 0.241 e. The van der Waals surface area contributed by atoms with E-state index in [-0.39, 0.29) is 37.2 Å². The van der Waals surface area contributed by atoms with Crippen molar-refractivity contribution in [3.63, 3.8) is 0 Å². The summed E-state index contributed by atoms with van der Waals surface area (Å²) in [4.78, 5) is 19.1. The molecular formula is C29H37FN6O3S. The van der Waals surface area contributed by atoms with Gasteiger partial charge >= 0.3 is 0 Å². The minimum atomic E-state index is -3.71. The van der Waals surface area contributed by atoms with Crippen LogP contribution in [0.4, 0.5) is 4.39 Å². The number of benzene rings is 1. The van der Waals surface area contributed by atoms with Gasteiger partial charge in [-0.2, -0.15) is 8.70 Å². The zero-order valence-corrected chi connectivity index (χ0v) is 23.9. The van der Waals surface area contributed by atoms with E-state index in [0.29, 0.717) is 11.6 Å². The number of carbonyl (C=O) groups is 1. The Labute approximate surface area is 235 Å². The summed E-state index contributed by atoms with van der Waals surface area (Å²) >= 11 is 0. The van der Waals surface area contributed by atoms with Crippen molar-refractivity contribution in [3.8, 4) is 11.1 Å². The van der Waals surface area contributed by atoms with Crippen molar-refractivity contribution in [3.05, 3.63) is 66.0 Å². The number of hydrogen-bond donors (Lipinski definition) is 0. The van der Waals surface area contributed by atoms with Crippen LogP contribution in [0.2, 0.25) is 0 Å². The van der Waals surface area contributed by atoms with Gasteiger partial charge in [-0.05, 0) is 47.9 Å². The molecule has 214 valence electrons. The molecule has 5 rings (SSSR count). The summed E-state index contributed by atoms with van der Waals surface area (Å²) in [5.41, 5.74) is 3.04. The maximum absolute atomic E-state index is 13.8. The molecule has 0 radical (unpaired) electrons. The van der Waals surface area contributed by atoms with Gasteiger partial charge in [0.2, 0.25) is 21.9 Å². The highest BCUT2D eigenvalue weighted by Crippen LogP contribution is 2.27. The second-order valence-corrected chi connectivity index (χ2v) is 13.4. The van der Waals surface area contributed by atoms with Crippen LogP contribution in [0.5, 0.6) is 0 Å². The molecule has 3 aromatic rings. The Kier molecular flexibility index (Phi) is 8.60. The third-order valence-corrected chi connectivity index (χ3v) is 9.71. The van der Waals surface area contributed by atoms with Gasteiger partial charge in [0.05, 0.1) is 18.5 Å². The second-order valence-electron chi connectivity index (χ2n) is 11.3. The Balaban J connectivity index is 1.31. The lowest BCUT2D eigenvalue weighted by molar-refractivity contribution is -0.136. The third kappa shape index (κ3) is 6.58. The fraction of sp³-hybridized carbons (Fsp3) is 0.517. The molecule has 0 bridgehead atoms. The molecular weight excluding hydrogens is 531 g/mol. The summed E-state index contributed by atoms with van der Waals surface area (Å²) in [7, 11) is -3.71. The number of halogens is 1. The normalized spacial score (nSPS) is 20.6. The standard InChI is InChI=1S/C29H37FN6O3S/c1-21(2)28-29(37)34(19-26-20-35(33-32-26)17-22-6-4-3-5-7-22)14-15-40(38,39)36(28)18-23-8-10-24(11-9-23)25-12-13-27(30)31-16-25/h8-13,16,20-22,28H,3-7,14-15,17-19H2,1-2H3. The van der Waals surface area contributed by atoms with E-state index >= 15 is 0 Å². The van der Waals surface area contributed by atoms with Crippen molar-refractivity contribution in [1.29, 1.82) is 0 Å². The van der Waals surface area contributed by atoms with E-state index in [1.54, 1.807) is 11.0 Å². The quantitative estimate of drug-likeness (QED) is 0.377. The Bertz CT molecular complexity index is 1400. The van der Waals surface area contributed by atoms with Gasteiger partial charge in [-0.1, -0.05) is 62.6 Å². The summed E-state index contributed by atoms with van der Waals surface area (Å²) in [6.45, 7) is 5.00. The summed E-state index contributed by atoms with van der Waals surface area (Å²) in [6.07, 6.45) is 9.57. The van der Waals surface area contributed by atoms with E-state index in [2.05, 4.69) is 15.3 Å². The first-order valence-electron chi connectivity index (χ1n) is 14.1. The van der Waals surface area contributed by atoms with Gasteiger partial charge in [0, 0.05) is 31.4 Å². The molecule has 1 unspecified atom stereocenters. The first-order chi connectivity index (χ1) is 19.2. The first-order valence-corrected chi connectivity index (χ1v) is 15.7. The molecule has 1 saturated carbocycles. The van der Waals surface area contributed by atoms with Gasteiger partial charge in [-0.15, -0.1) is 5.10 Å². The molecule has 1 amide bonds. The molecule has 0 spiro atoms. The van der Waals surface area contributed by atoms with Crippen molar-refractivity contribution >= 4 is 15.9 Å². The monoisotopic (exact) mass is 568 g/mol. The molecule has 2 fully saturated rings. The van der Waals surface area contributed by atoms with E-state index in [1.165, 1.54) is 48.7 Å². The van der Waals surface area contributed by atoms with Crippen LogP contribution < -0.4 is 0 Å². The number of amides is 1. The average Bonchev–Trinajstić information content (AvgIpc) is 3.35. The molecule has 1 aliphatic carbocycles. The minimum absolute atomic E-state index is 0.0876. The van der Waals surface area contributed by atoms with Gasteiger partial charge in [-0.3, -0.25) is 9.48 Å². The van der Waals surface area contributed by atoms with Crippen LogP contribution in [0.15, 0.2) is 48.8 Å². The fourth-order valence-electron chi connectivity index (χ4n) is 5.77. The molecule has 11 heteroatoms. The number of sulfonamides is 1. The lowest BCUT2D eigenvalue weighted by Crippen LogP contribution is -2.49. The van der Waals surface area contributed by atoms with Gasteiger partial charge in [0.25, 0.3) is 0 Å². The van der Waals surface area contributed by atoms with Gasteiger partial charge in [0.15, 0.2) is 0 Å². The molecule has 9 nitrogen and oxygen atoms in total. The summed E-state index contributed by atoms with van der Waals surface area (Å²) in [6, 6.07) is 9.49. The zero-order chi connectivity index (χ0) is 28.3. The highest BCUT2D eigenvalue weighted by molar-refractivity contribution is 7.89. The third-order valence-electron chi connectivity index (χ3n) is 7.94. The predicted octanol–water partition coefficient (Wildman–Crippen LogP) is 4.26. The van der Waals surface area contributed by atoms with Gasteiger partial charge in [-0.25, -0.2) is 13.4 Å². The van der Waals surface area contributed by atoms with Crippen molar-refractivity contribution in [2.75, 3.05) is 12.3 Å². The largest absolute Gasteiger partial charge is 0.334 e. The lowest BCUT2D eigenvalue weighted by atomic mass is 9.89. The Hall–Kier alpha value is -3.18. The minimum Gasteiger partial charge on any atom is -0.334 e. The molecule has 1 aliphatic heterocycles. The SMILES string of the molecule is CC(C)C1C(=O)N(Cc2cn(CC3CCCCC3)nn2)CCS(=O)(=O)N1Cc1ccc(-c2ccc(F)nc2)cc1. The molecule has 40 heavy (non-hydrogen) atoms. The van der Waals surface area contributed by atoms with Crippen LogP contribution >= 0.6 is 0 Å². The summed E-state index contributed by atoms with van der Waals surface area (Å²) in [5.74, 6) is -0.540. The van der Waals surface area contributed by atoms with Crippen LogP contribution in [0.1, 0.15) is 57.2 Å². The van der Waals surface area contributed by atoms with Crippen molar-refractivity contribution in [2.45, 2.75) is 71.6 Å². The Morgan fingerprint density at radius 1 is 1.00 bits per heavy atom. The number of pyridine rings is 1. The highest BCUT2D eigenvalue weighted by Gasteiger charge is 2.42. The van der Waals surface area contributed by atoms with Gasteiger partial charge in [0.1, 0.15) is 11.7 Å². The van der Waals surface area contributed by atoms with Crippen molar-refractivity contribution in [1.82, 2.24) is 29.2 Å². The maximum atomic E-state index is 13.8. The summed E-state index contributed by atoms with van der Waals surface area (Å²) < 4.78 is 43.4. The predicted molar refractivity (Wildman–Crippen MR) is 150 cm³/mol. The van der Waals surface area contributed by atoms with Crippen molar-refractivity contribution in [2.24, 2.45) is 11.8 Å². The van der Waals surface area contributed by atoms with Crippen LogP contribution in [-0.4, -0.2) is 61.8 Å². The number of rotatable bonds is 8. The van der Waals surface area contributed by atoms with Crippen LogP contribution in [-0.2, 0) is 34.5 Å². The van der Waals surface area contributed by atoms with E-state index in [1.807, 2.05) is 49.0 Å². The topological polar surface area (TPSA) is 101 Å². The molecule has 2 aliphatic rings. The lowest BCUT2D eigenvalue weighted by Gasteiger charge is -2.32. The van der Waals surface area contributed by atoms with Crippen LogP contribution in [0, 0.1) is 17.8 Å². The molecule has 1 aromatic carbocycles. The molecule has 1 saturated heterocycles. The van der Waals surface area contributed by atoms with E-state index in [0.717, 1.165) is 23.2 Å². The Morgan fingerprint density at radius 3 is 2.40 bits per heavy atom. The average molecular weight is 569 g/mol. The van der Waals surface area contributed by atoms with Crippen LogP contribution in [0.25, 0.3) is 11.1 Å². The van der Waals surface area contributed by atoms with Crippen molar-refractivity contribution < 1.29 is 17.6 Å². The molecule has 0 N–H and O–H groups in total. The number of nitrogens with zero attached hydrogens (tertiary/aromatic N) is 6. The highest BCUT2D eigenvalue weighted by atomic mass is 32.2. The molecule has 3 heterocycles. The summed E-state index contributed by atoms with van der Waals surface area (Å²) in [5, 5.41) is 8.59. The van der Waals surface area contributed by atoms with E-state index in [9.17, 15) is 17.6 Å². The number of carbonyl (C=O) groups excluding carboxylic acids is 1. The van der Waals surface area contributed by atoms with E-state index < -0.39 is 22.0 Å². The van der Waals surface area contributed by atoms with E-state index in [4.69, 9.17) is 0 Å². The molecule has 2 aromatic heterocycles. The van der Waals surface area contributed by atoms with Crippen LogP contribution in [0.3, 0.4) is 0 Å². The second kappa shape index (κ2) is 12.1. The number of aromatic nitrogens is 4. The van der Waals surface area contributed by atoms with Gasteiger partial charge < -0.3 is 4.90 Å². The first kappa shape index (κ1) is 28.4. The number of hydrogen-bond acceptors (Lipinski definition) is 6.